The van der Waals surface area contributed by atoms with Crippen LogP contribution in [0.2, 0.25) is 0 Å². The smallest absolute Gasteiger partial charge is 0.245 e. The third kappa shape index (κ3) is 3.00. The number of carbonyl (C=O) groups excluding carboxylic acids is 2. The highest BCUT2D eigenvalue weighted by atomic mass is 16.6. The number of hydrogen-bond acceptors (Lipinski definition) is 4. The van der Waals surface area contributed by atoms with Crippen LogP contribution in [0.4, 0.5) is 0 Å². The van der Waals surface area contributed by atoms with Gasteiger partial charge in [0.2, 0.25) is 11.8 Å². The SMILES string of the molecule is CC(C)C1NC(=O)CN(CC2COCCO2)C1=O. The summed E-state index contributed by atoms with van der Waals surface area (Å²) in [5.41, 5.74) is 0. The van der Waals surface area contributed by atoms with Gasteiger partial charge in [-0.1, -0.05) is 13.8 Å². The summed E-state index contributed by atoms with van der Waals surface area (Å²) in [6.45, 7) is 6.01. The molecule has 102 valence electrons. The van der Waals surface area contributed by atoms with Crippen molar-refractivity contribution >= 4 is 11.8 Å². The van der Waals surface area contributed by atoms with Crippen molar-refractivity contribution < 1.29 is 19.1 Å². The van der Waals surface area contributed by atoms with Crippen molar-refractivity contribution in [2.75, 3.05) is 32.9 Å². The minimum Gasteiger partial charge on any atom is -0.376 e. The van der Waals surface area contributed by atoms with Gasteiger partial charge < -0.3 is 19.7 Å². The Morgan fingerprint density at radius 2 is 2.17 bits per heavy atom. The second-order valence-corrected chi connectivity index (χ2v) is 5.08. The maximum Gasteiger partial charge on any atom is 0.245 e. The molecule has 0 aliphatic carbocycles. The third-order valence-corrected chi connectivity index (χ3v) is 3.20. The molecule has 18 heavy (non-hydrogen) atoms. The van der Waals surface area contributed by atoms with Crippen molar-refractivity contribution in [2.45, 2.75) is 26.0 Å². The van der Waals surface area contributed by atoms with E-state index in [0.29, 0.717) is 26.4 Å². The number of ether oxygens (including phenoxy) is 2. The zero-order valence-corrected chi connectivity index (χ0v) is 10.8. The molecule has 2 aliphatic rings. The van der Waals surface area contributed by atoms with Crippen LogP contribution in [0.1, 0.15) is 13.8 Å². The van der Waals surface area contributed by atoms with E-state index < -0.39 is 6.04 Å². The lowest BCUT2D eigenvalue weighted by molar-refractivity contribution is -0.151. The van der Waals surface area contributed by atoms with E-state index in [4.69, 9.17) is 9.47 Å². The van der Waals surface area contributed by atoms with E-state index in [-0.39, 0.29) is 30.4 Å². The number of nitrogens with zero attached hydrogens (tertiary/aromatic N) is 1. The van der Waals surface area contributed by atoms with Gasteiger partial charge in [-0.05, 0) is 5.92 Å². The number of nitrogens with one attached hydrogen (secondary N) is 1. The molecule has 2 fully saturated rings. The van der Waals surface area contributed by atoms with Gasteiger partial charge in [-0.15, -0.1) is 0 Å². The summed E-state index contributed by atoms with van der Waals surface area (Å²) in [4.78, 5) is 25.4. The molecule has 6 heteroatoms. The molecule has 0 aromatic carbocycles. The maximum atomic E-state index is 12.2. The normalized spacial score (nSPS) is 29.6. The minimum atomic E-state index is -0.421. The van der Waals surface area contributed by atoms with Crippen molar-refractivity contribution in [1.29, 1.82) is 0 Å². The Morgan fingerprint density at radius 3 is 2.78 bits per heavy atom. The largest absolute Gasteiger partial charge is 0.376 e. The van der Waals surface area contributed by atoms with Crippen LogP contribution in [0.5, 0.6) is 0 Å². The monoisotopic (exact) mass is 256 g/mol. The van der Waals surface area contributed by atoms with E-state index in [2.05, 4.69) is 5.32 Å². The fourth-order valence-corrected chi connectivity index (χ4v) is 2.22. The van der Waals surface area contributed by atoms with Gasteiger partial charge in [0.15, 0.2) is 0 Å². The summed E-state index contributed by atoms with van der Waals surface area (Å²) in [5, 5.41) is 2.73. The molecule has 0 spiro atoms. The Bertz CT molecular complexity index is 326. The Kier molecular flexibility index (Phi) is 4.19. The predicted molar refractivity (Wildman–Crippen MR) is 63.9 cm³/mol. The lowest BCUT2D eigenvalue weighted by atomic mass is 10.0. The molecule has 0 aromatic heterocycles. The van der Waals surface area contributed by atoms with Crippen LogP contribution >= 0.6 is 0 Å². The van der Waals surface area contributed by atoms with Crippen LogP contribution in [-0.2, 0) is 19.1 Å². The molecule has 2 atom stereocenters. The molecule has 0 radical (unpaired) electrons. The first-order chi connectivity index (χ1) is 8.58. The first kappa shape index (κ1) is 13.3. The van der Waals surface area contributed by atoms with Crippen molar-refractivity contribution in [3.8, 4) is 0 Å². The van der Waals surface area contributed by atoms with Crippen LogP contribution in [-0.4, -0.2) is 61.8 Å². The highest BCUT2D eigenvalue weighted by Crippen LogP contribution is 2.13. The molecule has 0 aromatic rings. The van der Waals surface area contributed by atoms with Crippen molar-refractivity contribution in [1.82, 2.24) is 10.2 Å². The van der Waals surface area contributed by atoms with Crippen molar-refractivity contribution in [2.24, 2.45) is 5.92 Å². The molecule has 0 saturated carbocycles. The van der Waals surface area contributed by atoms with E-state index in [1.54, 1.807) is 4.90 Å². The van der Waals surface area contributed by atoms with Crippen LogP contribution in [0, 0.1) is 5.92 Å². The van der Waals surface area contributed by atoms with Gasteiger partial charge in [0.25, 0.3) is 0 Å². The lowest BCUT2D eigenvalue weighted by Gasteiger charge is -2.36. The van der Waals surface area contributed by atoms with Crippen LogP contribution in [0.15, 0.2) is 0 Å². The average Bonchev–Trinajstić information content (AvgIpc) is 2.34. The van der Waals surface area contributed by atoms with Gasteiger partial charge in [0, 0.05) is 6.54 Å². The van der Waals surface area contributed by atoms with Crippen molar-refractivity contribution in [3.05, 3.63) is 0 Å². The summed E-state index contributed by atoms with van der Waals surface area (Å²) < 4.78 is 10.8. The number of piperazine rings is 1. The van der Waals surface area contributed by atoms with E-state index in [0.717, 1.165) is 0 Å². The molecule has 2 rings (SSSR count). The topological polar surface area (TPSA) is 67.9 Å². The zero-order chi connectivity index (χ0) is 13.1. The summed E-state index contributed by atoms with van der Waals surface area (Å²) in [5.74, 6) is -0.0448. The van der Waals surface area contributed by atoms with E-state index in [1.807, 2.05) is 13.8 Å². The number of amides is 2. The fraction of sp³-hybridized carbons (Fsp3) is 0.833. The molecule has 0 bridgehead atoms. The molecule has 6 nitrogen and oxygen atoms in total. The van der Waals surface area contributed by atoms with E-state index >= 15 is 0 Å². The second kappa shape index (κ2) is 5.67. The molecule has 2 saturated heterocycles. The highest BCUT2D eigenvalue weighted by molar-refractivity contribution is 5.95. The summed E-state index contributed by atoms with van der Waals surface area (Å²) in [6, 6.07) is -0.421. The molecular weight excluding hydrogens is 236 g/mol. The molecule has 1 N–H and O–H groups in total. The molecule has 2 aliphatic heterocycles. The maximum absolute atomic E-state index is 12.2. The van der Waals surface area contributed by atoms with Crippen LogP contribution < -0.4 is 5.32 Å². The van der Waals surface area contributed by atoms with Crippen LogP contribution in [0.3, 0.4) is 0 Å². The molecule has 2 heterocycles. The van der Waals surface area contributed by atoms with Gasteiger partial charge in [-0.3, -0.25) is 9.59 Å². The first-order valence-corrected chi connectivity index (χ1v) is 6.35. The zero-order valence-electron chi connectivity index (χ0n) is 10.8. The van der Waals surface area contributed by atoms with E-state index in [9.17, 15) is 9.59 Å². The van der Waals surface area contributed by atoms with E-state index in [1.165, 1.54) is 0 Å². The Hall–Kier alpha value is -1.14. The predicted octanol–water partition coefficient (Wildman–Crippen LogP) is -0.615. The number of hydrogen-bond donors (Lipinski definition) is 1. The fourth-order valence-electron chi connectivity index (χ4n) is 2.22. The molecule has 2 amide bonds. The van der Waals surface area contributed by atoms with Gasteiger partial charge >= 0.3 is 0 Å². The Balaban J connectivity index is 1.97. The van der Waals surface area contributed by atoms with Gasteiger partial charge in [0.05, 0.1) is 32.5 Å². The lowest BCUT2D eigenvalue weighted by Crippen LogP contribution is -2.61. The second-order valence-electron chi connectivity index (χ2n) is 5.08. The highest BCUT2D eigenvalue weighted by Gasteiger charge is 2.35. The Morgan fingerprint density at radius 1 is 1.39 bits per heavy atom. The summed E-state index contributed by atoms with van der Waals surface area (Å²) >= 11 is 0. The molecule has 2 unspecified atom stereocenters. The van der Waals surface area contributed by atoms with Gasteiger partial charge in [0.1, 0.15) is 6.04 Å². The number of carbonyl (C=O) groups is 2. The Labute approximate surface area is 107 Å². The number of rotatable bonds is 3. The first-order valence-electron chi connectivity index (χ1n) is 6.35. The molecular formula is C12H20N2O4. The van der Waals surface area contributed by atoms with Crippen molar-refractivity contribution in [3.63, 3.8) is 0 Å². The minimum absolute atomic E-state index is 0.0289. The third-order valence-electron chi connectivity index (χ3n) is 3.20. The summed E-state index contributed by atoms with van der Waals surface area (Å²) in [6.07, 6.45) is -0.124. The van der Waals surface area contributed by atoms with Gasteiger partial charge in [-0.25, -0.2) is 0 Å². The summed E-state index contributed by atoms with van der Waals surface area (Å²) in [7, 11) is 0. The quantitative estimate of drug-likeness (QED) is 0.731. The standard InChI is InChI=1S/C12H20N2O4/c1-8(2)11-12(16)14(6-10(15)13-11)5-9-7-17-3-4-18-9/h8-9,11H,3-7H2,1-2H3,(H,13,15). The van der Waals surface area contributed by atoms with Gasteiger partial charge in [-0.2, -0.15) is 0 Å². The average molecular weight is 256 g/mol. The van der Waals surface area contributed by atoms with Crippen LogP contribution in [0.25, 0.3) is 0 Å².